The highest BCUT2D eigenvalue weighted by atomic mass is 127. The second kappa shape index (κ2) is 7.83. The van der Waals surface area contributed by atoms with Crippen LogP contribution in [0.3, 0.4) is 0 Å². The summed E-state index contributed by atoms with van der Waals surface area (Å²) >= 11 is 2.32. The lowest BCUT2D eigenvalue weighted by atomic mass is 10.0. The van der Waals surface area contributed by atoms with E-state index in [1.54, 1.807) is 6.92 Å². The number of esters is 1. The number of aryl methyl sites for hydroxylation is 1. The first-order valence-electron chi connectivity index (χ1n) is 8.15. The molecule has 0 unspecified atom stereocenters. The summed E-state index contributed by atoms with van der Waals surface area (Å²) < 4.78 is 12.7. The summed E-state index contributed by atoms with van der Waals surface area (Å²) in [4.78, 5) is 16.5. The number of benzene rings is 1. The Morgan fingerprint density at radius 3 is 2.56 bits per heavy atom. The maximum absolute atomic E-state index is 11.8. The number of rotatable bonds is 5. The fourth-order valence-corrected chi connectivity index (χ4v) is 3.75. The minimum atomic E-state index is -0.413. The van der Waals surface area contributed by atoms with Crippen LogP contribution in [0.4, 0.5) is 0 Å². The first-order valence-corrected chi connectivity index (χ1v) is 9.23. The van der Waals surface area contributed by atoms with Gasteiger partial charge in [0.1, 0.15) is 12.7 Å². The Morgan fingerprint density at radius 2 is 1.96 bits per heavy atom. The van der Waals surface area contributed by atoms with Crippen molar-refractivity contribution in [2.24, 2.45) is 0 Å². The number of hydrogen-bond donors (Lipinski definition) is 0. The normalized spacial score (nSPS) is 12.9. The molecule has 1 heterocycles. The van der Waals surface area contributed by atoms with Crippen molar-refractivity contribution in [1.29, 1.82) is 0 Å². The Hall–Kier alpha value is -1.47. The van der Waals surface area contributed by atoms with Crippen molar-refractivity contribution in [3.63, 3.8) is 0 Å². The van der Waals surface area contributed by atoms with Crippen LogP contribution in [-0.4, -0.2) is 23.2 Å². The number of fused-ring (bicyclic) bond motifs is 1. The number of para-hydroxylation sites is 1. The van der Waals surface area contributed by atoms with E-state index in [-0.39, 0.29) is 12.2 Å². The molecule has 0 aliphatic carbocycles. The highest BCUT2D eigenvalue weighted by Gasteiger charge is 2.27. The Kier molecular flexibility index (Phi) is 6.21. The van der Waals surface area contributed by atoms with E-state index in [9.17, 15) is 4.79 Å². The molecule has 25 heavy (non-hydrogen) atoms. The van der Waals surface area contributed by atoms with Crippen LogP contribution in [0, 0.1) is 10.5 Å². The third-order valence-electron chi connectivity index (χ3n) is 3.59. The molecule has 0 saturated carbocycles. The molecule has 0 saturated heterocycles. The van der Waals surface area contributed by atoms with Crippen molar-refractivity contribution in [3.05, 3.63) is 51.2 Å². The van der Waals surface area contributed by atoms with E-state index in [0.717, 1.165) is 25.7 Å². The lowest BCUT2D eigenvalue weighted by Crippen LogP contribution is -2.27. The van der Waals surface area contributed by atoms with Crippen molar-refractivity contribution in [1.82, 2.24) is 4.98 Å². The molecule has 1 atom stereocenters. The van der Waals surface area contributed by atoms with Gasteiger partial charge in [-0.2, -0.15) is 0 Å². The van der Waals surface area contributed by atoms with E-state index in [2.05, 4.69) is 29.2 Å². The number of halogens is 1. The van der Waals surface area contributed by atoms with Crippen LogP contribution in [-0.2, 0) is 14.3 Å². The van der Waals surface area contributed by atoms with Gasteiger partial charge in [-0.3, -0.25) is 4.98 Å². The molecule has 0 aliphatic heterocycles. The third kappa shape index (κ3) is 5.01. The van der Waals surface area contributed by atoms with Crippen molar-refractivity contribution in [2.75, 3.05) is 6.61 Å². The van der Waals surface area contributed by atoms with Crippen LogP contribution in [0.5, 0.6) is 0 Å². The van der Waals surface area contributed by atoms with Gasteiger partial charge in [-0.05, 0) is 63.3 Å². The number of aromatic nitrogens is 1. The molecule has 1 aromatic heterocycles. The van der Waals surface area contributed by atoms with Gasteiger partial charge >= 0.3 is 5.97 Å². The summed E-state index contributed by atoms with van der Waals surface area (Å²) in [6.45, 7) is 13.3. The van der Waals surface area contributed by atoms with Gasteiger partial charge in [0.15, 0.2) is 0 Å². The van der Waals surface area contributed by atoms with Gasteiger partial charge in [-0.25, -0.2) is 4.79 Å². The van der Waals surface area contributed by atoms with Gasteiger partial charge < -0.3 is 9.47 Å². The quantitative estimate of drug-likeness (QED) is 0.358. The lowest BCUT2D eigenvalue weighted by Gasteiger charge is -2.29. The predicted octanol–water partition coefficient (Wildman–Crippen LogP) is 5.12. The van der Waals surface area contributed by atoms with Crippen molar-refractivity contribution >= 4 is 39.5 Å². The number of nitrogens with zero attached hydrogens (tertiary/aromatic N) is 1. The molecule has 2 aromatic rings. The van der Waals surface area contributed by atoms with Gasteiger partial charge in [-0.15, -0.1) is 0 Å². The Morgan fingerprint density at radius 1 is 1.32 bits per heavy atom. The Bertz CT molecular complexity index is 808. The van der Waals surface area contributed by atoms with Crippen LogP contribution in [0.15, 0.2) is 36.4 Å². The average Bonchev–Trinajstić information content (AvgIpc) is 2.50. The number of carbonyl (C=O) groups excluding carboxylic acids is 1. The molecule has 1 aromatic carbocycles. The molecule has 0 amide bonds. The van der Waals surface area contributed by atoms with Gasteiger partial charge in [0, 0.05) is 25.8 Å². The zero-order valence-corrected chi connectivity index (χ0v) is 17.5. The largest absolute Gasteiger partial charge is 0.459 e. The number of pyridine rings is 1. The minimum Gasteiger partial charge on any atom is -0.459 e. The zero-order chi connectivity index (χ0) is 18.8. The van der Waals surface area contributed by atoms with Crippen LogP contribution < -0.4 is 0 Å². The molecule has 0 bridgehead atoms. The SMILES string of the molecule is C=C(C)C(=O)OC[C@@H](OC(C)(C)C)c1c(C)nc2ccccc2c1I. The first-order chi connectivity index (χ1) is 11.6. The molecular weight excluding hydrogens is 429 g/mol. The Balaban J connectivity index is 2.47. The number of carbonyl (C=O) groups is 1. The van der Waals surface area contributed by atoms with Gasteiger partial charge in [0.2, 0.25) is 0 Å². The summed E-state index contributed by atoms with van der Waals surface area (Å²) in [6, 6.07) is 8.00. The fraction of sp³-hybridized carbons (Fsp3) is 0.400. The second-order valence-electron chi connectivity index (χ2n) is 7.04. The maximum Gasteiger partial charge on any atom is 0.333 e. The number of hydrogen-bond acceptors (Lipinski definition) is 4. The summed E-state index contributed by atoms with van der Waals surface area (Å²) in [5.41, 5.74) is 2.77. The van der Waals surface area contributed by atoms with E-state index >= 15 is 0 Å². The monoisotopic (exact) mass is 453 g/mol. The zero-order valence-electron chi connectivity index (χ0n) is 15.4. The fourth-order valence-electron chi connectivity index (χ4n) is 2.55. The average molecular weight is 453 g/mol. The smallest absolute Gasteiger partial charge is 0.333 e. The van der Waals surface area contributed by atoms with Gasteiger partial charge in [0.05, 0.1) is 11.1 Å². The highest BCUT2D eigenvalue weighted by molar-refractivity contribution is 14.1. The molecule has 0 N–H and O–H groups in total. The predicted molar refractivity (Wildman–Crippen MR) is 109 cm³/mol. The minimum absolute atomic E-state index is 0.125. The Labute approximate surface area is 162 Å². The molecule has 2 rings (SSSR count). The van der Waals surface area contributed by atoms with Crippen LogP contribution in [0.1, 0.15) is 45.1 Å². The third-order valence-corrected chi connectivity index (χ3v) is 4.75. The molecule has 0 radical (unpaired) electrons. The summed E-state index contributed by atoms with van der Waals surface area (Å²) in [5, 5.41) is 1.07. The van der Waals surface area contributed by atoms with E-state index in [1.165, 1.54) is 0 Å². The first kappa shape index (κ1) is 19.8. The molecule has 5 heteroatoms. The van der Waals surface area contributed by atoms with E-state index in [0.29, 0.717) is 5.57 Å². The van der Waals surface area contributed by atoms with Crippen molar-refractivity contribution in [2.45, 2.75) is 46.3 Å². The summed E-state index contributed by atoms with van der Waals surface area (Å²) in [5.74, 6) is -0.413. The molecule has 134 valence electrons. The van der Waals surface area contributed by atoms with Crippen LogP contribution in [0.2, 0.25) is 0 Å². The molecular formula is C20H24INO3. The van der Waals surface area contributed by atoms with Crippen LogP contribution >= 0.6 is 22.6 Å². The lowest BCUT2D eigenvalue weighted by molar-refractivity contribution is -0.148. The van der Waals surface area contributed by atoms with Gasteiger partial charge in [0.25, 0.3) is 0 Å². The standard InChI is InChI=1S/C20H24INO3/c1-12(2)19(23)24-11-16(25-20(4,5)6)17-13(3)22-15-10-8-7-9-14(15)18(17)21/h7-10,16H,1,11H2,2-6H3/t16-/m1/s1. The van der Waals surface area contributed by atoms with E-state index < -0.39 is 12.1 Å². The molecule has 0 aliphatic rings. The molecule has 4 nitrogen and oxygen atoms in total. The van der Waals surface area contributed by atoms with Crippen molar-refractivity contribution in [3.8, 4) is 0 Å². The van der Waals surface area contributed by atoms with Crippen LogP contribution in [0.25, 0.3) is 10.9 Å². The number of ether oxygens (including phenoxy) is 2. The highest BCUT2D eigenvalue weighted by Crippen LogP contribution is 2.33. The molecule has 0 spiro atoms. The van der Waals surface area contributed by atoms with Gasteiger partial charge in [-0.1, -0.05) is 24.8 Å². The van der Waals surface area contributed by atoms with E-state index in [4.69, 9.17) is 14.5 Å². The van der Waals surface area contributed by atoms with E-state index in [1.807, 2.05) is 52.0 Å². The topological polar surface area (TPSA) is 48.4 Å². The summed E-state index contributed by atoms with van der Waals surface area (Å²) in [7, 11) is 0. The molecule has 0 fully saturated rings. The maximum atomic E-state index is 11.8. The van der Waals surface area contributed by atoms with Crippen molar-refractivity contribution < 1.29 is 14.3 Å². The summed E-state index contributed by atoms with van der Waals surface area (Å²) in [6.07, 6.45) is -0.396. The second-order valence-corrected chi connectivity index (χ2v) is 8.12.